The summed E-state index contributed by atoms with van der Waals surface area (Å²) in [7, 11) is -4.55. The van der Waals surface area contributed by atoms with Gasteiger partial charge in [0.1, 0.15) is 5.76 Å². The van der Waals surface area contributed by atoms with Crippen LogP contribution in [0.15, 0.2) is 16.5 Å². The fraction of sp³-hybridized carbons (Fsp3) is 0.250. The molecule has 1 rings (SSSR count). The summed E-state index contributed by atoms with van der Waals surface area (Å²) in [6.45, 7) is 0. The number of aliphatic hydroxyl groups excluding tert-OH is 1. The molecule has 1 aromatic rings. The van der Waals surface area contributed by atoms with Crippen LogP contribution in [-0.2, 0) is 16.5 Å². The van der Waals surface area contributed by atoms with Gasteiger partial charge in [0.25, 0.3) is 10.1 Å². The first-order valence-corrected chi connectivity index (χ1v) is 5.12. The van der Waals surface area contributed by atoms with Crippen molar-refractivity contribution < 1.29 is 22.5 Å². The Hall–Kier alpha value is -1.29. The largest absolute Gasteiger partial charge is 0.461 e. The Balaban J connectivity index is 2.94. The van der Waals surface area contributed by atoms with Crippen molar-refractivity contribution in [1.29, 1.82) is 0 Å². The van der Waals surface area contributed by atoms with Crippen LogP contribution in [0.2, 0.25) is 0 Å². The van der Waals surface area contributed by atoms with Crippen LogP contribution >= 0.6 is 0 Å². The summed E-state index contributed by atoms with van der Waals surface area (Å²) in [5.41, 5.74) is -2.06. The number of aliphatic hydroxyl groups is 1. The van der Waals surface area contributed by atoms with Crippen LogP contribution in [0.3, 0.4) is 0 Å². The molecule has 0 radical (unpaired) electrons. The van der Waals surface area contributed by atoms with E-state index in [2.05, 4.69) is 5.92 Å². The molecule has 0 bridgehead atoms. The lowest BCUT2D eigenvalue weighted by molar-refractivity contribution is 0.207. The van der Waals surface area contributed by atoms with Crippen LogP contribution in [-0.4, -0.2) is 18.1 Å². The van der Waals surface area contributed by atoms with Gasteiger partial charge in [-0.1, -0.05) is 5.92 Å². The minimum absolute atomic E-state index is 0.193. The van der Waals surface area contributed by atoms with E-state index in [0.29, 0.717) is 5.76 Å². The predicted molar refractivity (Wildman–Crippen MR) is 47.8 cm³/mol. The number of furan rings is 1. The van der Waals surface area contributed by atoms with Crippen LogP contribution in [0, 0.1) is 12.3 Å². The van der Waals surface area contributed by atoms with Crippen molar-refractivity contribution in [2.75, 3.05) is 0 Å². The molecule has 0 aliphatic rings. The maximum atomic E-state index is 10.5. The van der Waals surface area contributed by atoms with E-state index in [-0.39, 0.29) is 12.2 Å². The van der Waals surface area contributed by atoms with Gasteiger partial charge in [-0.3, -0.25) is 4.55 Å². The average molecular weight is 216 g/mol. The molecule has 2 N–H and O–H groups in total. The molecule has 1 unspecified atom stereocenters. The summed E-state index contributed by atoms with van der Waals surface area (Å²) in [6, 6.07) is 2.68. The van der Waals surface area contributed by atoms with Gasteiger partial charge in [-0.25, -0.2) is 0 Å². The molecule has 0 aromatic carbocycles. The van der Waals surface area contributed by atoms with Crippen LogP contribution in [0.4, 0.5) is 0 Å². The third-order valence-corrected chi connectivity index (χ3v) is 2.28. The van der Waals surface area contributed by atoms with Crippen LogP contribution in [0.1, 0.15) is 17.0 Å². The summed E-state index contributed by atoms with van der Waals surface area (Å²) < 4.78 is 34.4. The van der Waals surface area contributed by atoms with Gasteiger partial charge < -0.3 is 9.52 Å². The van der Waals surface area contributed by atoms with Crippen LogP contribution < -0.4 is 0 Å². The van der Waals surface area contributed by atoms with Crippen molar-refractivity contribution in [3.05, 3.63) is 23.7 Å². The Morgan fingerprint density at radius 1 is 1.57 bits per heavy atom. The lowest BCUT2D eigenvalue weighted by Crippen LogP contribution is -2.10. The zero-order valence-corrected chi connectivity index (χ0v) is 7.86. The first kappa shape index (κ1) is 10.8. The van der Waals surface area contributed by atoms with Gasteiger partial charge >= 0.3 is 0 Å². The Morgan fingerprint density at radius 3 is 2.71 bits per heavy atom. The molecule has 1 aromatic heterocycles. The van der Waals surface area contributed by atoms with Gasteiger partial charge in [0.15, 0.2) is 5.76 Å². The highest BCUT2D eigenvalue weighted by molar-refractivity contribution is 7.85. The molecular weight excluding hydrogens is 208 g/mol. The molecule has 0 aliphatic heterocycles. The summed E-state index contributed by atoms with van der Waals surface area (Å²) in [4.78, 5) is 0. The van der Waals surface area contributed by atoms with Gasteiger partial charge in [0.2, 0.25) is 5.44 Å². The zero-order valence-electron chi connectivity index (χ0n) is 7.04. The molecule has 0 aliphatic carbocycles. The van der Waals surface area contributed by atoms with E-state index in [0.717, 1.165) is 0 Å². The first-order chi connectivity index (χ1) is 6.45. The first-order valence-electron chi connectivity index (χ1n) is 3.61. The monoisotopic (exact) mass is 216 g/mol. The maximum absolute atomic E-state index is 10.5. The normalized spacial score (nSPS) is 13.5. The molecule has 0 fully saturated rings. The van der Waals surface area contributed by atoms with Crippen molar-refractivity contribution >= 4 is 10.1 Å². The summed E-state index contributed by atoms with van der Waals surface area (Å²) in [5, 5.41) is 9.06. The molecule has 0 spiro atoms. The minimum atomic E-state index is -4.55. The highest BCUT2D eigenvalue weighted by atomic mass is 32.2. The van der Waals surface area contributed by atoms with Crippen molar-refractivity contribution in [3.63, 3.8) is 0 Å². The SMILES string of the molecule is C#CCc1ccc(C(O)S(=O)(=O)O)o1. The van der Waals surface area contributed by atoms with Crippen molar-refractivity contribution in [2.24, 2.45) is 0 Å². The van der Waals surface area contributed by atoms with Crippen LogP contribution in [0.25, 0.3) is 0 Å². The third kappa shape index (κ3) is 2.35. The van der Waals surface area contributed by atoms with E-state index in [1.54, 1.807) is 0 Å². The van der Waals surface area contributed by atoms with E-state index in [4.69, 9.17) is 20.5 Å². The Labute approximate surface area is 81.1 Å². The molecule has 0 saturated carbocycles. The highest BCUT2D eigenvalue weighted by Crippen LogP contribution is 2.20. The third-order valence-electron chi connectivity index (χ3n) is 1.48. The molecule has 76 valence electrons. The zero-order chi connectivity index (χ0) is 10.8. The molecule has 0 saturated heterocycles. The quantitative estimate of drug-likeness (QED) is 0.561. The molecule has 6 heteroatoms. The molecule has 5 nitrogen and oxygen atoms in total. The highest BCUT2D eigenvalue weighted by Gasteiger charge is 2.25. The maximum Gasteiger partial charge on any atom is 0.299 e. The Kier molecular flexibility index (Phi) is 2.96. The van der Waals surface area contributed by atoms with E-state index >= 15 is 0 Å². The van der Waals surface area contributed by atoms with Gasteiger partial charge in [-0.2, -0.15) is 8.42 Å². The van der Waals surface area contributed by atoms with E-state index in [9.17, 15) is 8.42 Å². The van der Waals surface area contributed by atoms with Gasteiger partial charge in [0, 0.05) is 0 Å². The van der Waals surface area contributed by atoms with Crippen LogP contribution in [0.5, 0.6) is 0 Å². The number of hydrogen-bond donors (Lipinski definition) is 2. The Bertz CT molecular complexity index is 450. The van der Waals surface area contributed by atoms with Crippen molar-refractivity contribution in [2.45, 2.75) is 11.9 Å². The molecule has 1 atom stereocenters. The number of hydrogen-bond acceptors (Lipinski definition) is 4. The lowest BCUT2D eigenvalue weighted by Gasteiger charge is -2.02. The van der Waals surface area contributed by atoms with Gasteiger partial charge in [0.05, 0.1) is 6.42 Å². The smallest absolute Gasteiger partial charge is 0.299 e. The van der Waals surface area contributed by atoms with E-state index in [1.807, 2.05) is 0 Å². The second-order valence-electron chi connectivity index (χ2n) is 2.55. The fourth-order valence-corrected chi connectivity index (χ4v) is 1.29. The van der Waals surface area contributed by atoms with E-state index in [1.165, 1.54) is 12.1 Å². The molecule has 0 amide bonds. The number of terminal acetylenes is 1. The average Bonchev–Trinajstić information content (AvgIpc) is 2.50. The number of rotatable bonds is 3. The molecule has 14 heavy (non-hydrogen) atoms. The lowest BCUT2D eigenvalue weighted by atomic mass is 10.3. The van der Waals surface area contributed by atoms with Gasteiger partial charge in [-0.15, -0.1) is 6.42 Å². The molecular formula is C8H8O5S. The van der Waals surface area contributed by atoms with E-state index < -0.39 is 15.6 Å². The van der Waals surface area contributed by atoms with Crippen molar-refractivity contribution in [1.82, 2.24) is 0 Å². The Morgan fingerprint density at radius 2 is 2.21 bits per heavy atom. The second-order valence-corrected chi connectivity index (χ2v) is 4.03. The predicted octanol–water partition coefficient (Wildman–Crippen LogP) is 0.334. The van der Waals surface area contributed by atoms with Gasteiger partial charge in [-0.05, 0) is 12.1 Å². The fourth-order valence-electron chi connectivity index (χ4n) is 0.870. The standard InChI is InChI=1S/C8H8O5S/c1-2-3-6-4-5-7(13-6)8(9)14(10,11)12/h1,4-5,8-9H,3H2,(H,10,11,12). The summed E-state index contributed by atoms with van der Waals surface area (Å²) >= 11 is 0. The topological polar surface area (TPSA) is 87.7 Å². The second kappa shape index (κ2) is 3.84. The summed E-state index contributed by atoms with van der Waals surface area (Å²) in [6.07, 6.45) is 5.18. The minimum Gasteiger partial charge on any atom is -0.461 e. The summed E-state index contributed by atoms with van der Waals surface area (Å²) in [5.74, 6) is 2.39. The molecule has 1 heterocycles. The van der Waals surface area contributed by atoms with Crippen molar-refractivity contribution in [3.8, 4) is 12.3 Å².